The SMILES string of the molecule is c1ccc(-c2ccc(-c3cc(-c4cccc(-c5ccc6c(c5)c5ccccc5c5cccc(-c7ccc8c9ccccc9n(-c9ccc(-c%10ccccc%10)cc9)c8c7)c56)c4)nc(-c4ccccc4)n3)cc2)cc1. The highest BCUT2D eigenvalue weighted by Gasteiger charge is 2.18. The highest BCUT2D eigenvalue weighted by atomic mass is 15.0. The lowest BCUT2D eigenvalue weighted by molar-refractivity contribution is 1.18. The lowest BCUT2D eigenvalue weighted by atomic mass is 9.88. The molecule has 0 spiro atoms. The first-order chi connectivity index (χ1) is 36.2. The molecule has 0 fully saturated rings. The Morgan fingerprint density at radius 2 is 0.685 bits per heavy atom. The summed E-state index contributed by atoms with van der Waals surface area (Å²) in [6, 6.07) is 98.5. The van der Waals surface area contributed by atoms with Gasteiger partial charge in [0.2, 0.25) is 0 Å². The normalized spacial score (nSPS) is 11.6. The van der Waals surface area contributed by atoms with Crippen LogP contribution in [0.4, 0.5) is 0 Å². The standard InChI is InChI=1S/C70H45N3/c1-4-16-46(17-5-1)48-30-32-50(33-31-48)65-45-66(72-70(71-65)51-20-8-3-9-21-51)55-23-14-22-52(42-55)53-36-41-63-64(43-53)59-25-11-10-24-58(59)62-28-15-27-57(69(62)63)54-37-40-61-60-26-12-13-29-67(60)73(68(61)44-54)56-38-34-49(35-39-56)47-18-6-2-7-19-47/h1-45H. The fraction of sp³-hybridized carbons (Fsp3) is 0. The molecule has 0 aliphatic rings. The molecule has 0 aliphatic heterocycles. The number of fused-ring (bicyclic) bond motifs is 9. The molecule has 0 aliphatic carbocycles. The van der Waals surface area contributed by atoms with E-state index in [1.54, 1.807) is 0 Å². The molecule has 0 radical (unpaired) electrons. The fourth-order valence-electron chi connectivity index (χ4n) is 11.1. The van der Waals surface area contributed by atoms with Gasteiger partial charge in [0.1, 0.15) is 0 Å². The molecular weight excluding hydrogens is 883 g/mol. The van der Waals surface area contributed by atoms with Crippen LogP contribution in [-0.4, -0.2) is 14.5 Å². The number of hydrogen-bond acceptors (Lipinski definition) is 2. The van der Waals surface area contributed by atoms with E-state index in [4.69, 9.17) is 9.97 Å². The average Bonchev–Trinajstić information content (AvgIpc) is 3.82. The van der Waals surface area contributed by atoms with Crippen molar-refractivity contribution in [2.45, 2.75) is 0 Å². The average molecular weight is 928 g/mol. The molecule has 12 aromatic carbocycles. The summed E-state index contributed by atoms with van der Waals surface area (Å²) in [5, 5.41) is 9.91. The third-order valence-electron chi connectivity index (χ3n) is 14.6. The Labute approximate surface area is 423 Å². The van der Waals surface area contributed by atoms with Gasteiger partial charge >= 0.3 is 0 Å². The summed E-state index contributed by atoms with van der Waals surface area (Å²) in [6.45, 7) is 0. The van der Waals surface area contributed by atoms with Gasteiger partial charge in [-0.1, -0.05) is 231 Å². The second-order valence-corrected chi connectivity index (χ2v) is 18.9. The first-order valence-corrected chi connectivity index (χ1v) is 25.0. The van der Waals surface area contributed by atoms with Gasteiger partial charge < -0.3 is 4.57 Å². The first kappa shape index (κ1) is 42.2. The van der Waals surface area contributed by atoms with Crippen molar-refractivity contribution < 1.29 is 0 Å². The molecule has 340 valence electrons. The maximum Gasteiger partial charge on any atom is 0.160 e. The Morgan fingerprint density at radius 1 is 0.233 bits per heavy atom. The summed E-state index contributed by atoms with van der Waals surface area (Å²) in [6.07, 6.45) is 0. The summed E-state index contributed by atoms with van der Waals surface area (Å²) in [4.78, 5) is 10.4. The van der Waals surface area contributed by atoms with Crippen molar-refractivity contribution in [2.24, 2.45) is 0 Å². The molecule has 3 nitrogen and oxygen atoms in total. The molecular formula is C70H45N3. The number of nitrogens with zero attached hydrogens (tertiary/aromatic N) is 3. The van der Waals surface area contributed by atoms with Gasteiger partial charge in [0, 0.05) is 33.2 Å². The summed E-state index contributed by atoms with van der Waals surface area (Å²) >= 11 is 0. The fourth-order valence-corrected chi connectivity index (χ4v) is 11.1. The van der Waals surface area contributed by atoms with E-state index >= 15 is 0 Å². The molecule has 0 saturated carbocycles. The van der Waals surface area contributed by atoms with Gasteiger partial charge in [-0.15, -0.1) is 0 Å². The molecule has 0 amide bonds. The summed E-state index contributed by atoms with van der Waals surface area (Å²) in [7, 11) is 0. The van der Waals surface area contributed by atoms with Crippen molar-refractivity contribution in [3.8, 4) is 84.1 Å². The monoisotopic (exact) mass is 927 g/mol. The van der Waals surface area contributed by atoms with E-state index in [1.807, 2.05) is 18.2 Å². The van der Waals surface area contributed by atoms with Crippen molar-refractivity contribution in [2.75, 3.05) is 0 Å². The zero-order chi connectivity index (χ0) is 48.2. The molecule has 14 rings (SSSR count). The molecule has 0 bridgehead atoms. The number of rotatable bonds is 8. The Hall–Kier alpha value is -9.70. The number of hydrogen-bond donors (Lipinski definition) is 0. The van der Waals surface area contributed by atoms with Crippen LogP contribution in [0.25, 0.3) is 138 Å². The van der Waals surface area contributed by atoms with E-state index < -0.39 is 0 Å². The lowest BCUT2D eigenvalue weighted by Gasteiger charge is -2.16. The van der Waals surface area contributed by atoms with Gasteiger partial charge in [-0.2, -0.15) is 0 Å². The minimum Gasteiger partial charge on any atom is -0.309 e. The smallest absolute Gasteiger partial charge is 0.160 e. The van der Waals surface area contributed by atoms with E-state index in [0.717, 1.165) is 44.9 Å². The van der Waals surface area contributed by atoms with Crippen LogP contribution in [0, 0.1) is 0 Å². The van der Waals surface area contributed by atoms with E-state index in [1.165, 1.54) is 87.5 Å². The van der Waals surface area contributed by atoms with Crippen molar-refractivity contribution >= 4 is 54.1 Å². The second kappa shape index (κ2) is 17.6. The van der Waals surface area contributed by atoms with Crippen molar-refractivity contribution in [1.82, 2.24) is 14.5 Å². The number of benzene rings is 12. The van der Waals surface area contributed by atoms with E-state index in [0.29, 0.717) is 5.82 Å². The van der Waals surface area contributed by atoms with Gasteiger partial charge in [-0.25, -0.2) is 9.97 Å². The third-order valence-corrected chi connectivity index (χ3v) is 14.6. The lowest BCUT2D eigenvalue weighted by Crippen LogP contribution is -1.96. The van der Waals surface area contributed by atoms with Crippen LogP contribution in [-0.2, 0) is 0 Å². The van der Waals surface area contributed by atoms with E-state index in [2.05, 4.69) is 259 Å². The minimum absolute atomic E-state index is 0.698. The molecule has 0 saturated heterocycles. The molecule has 2 heterocycles. The zero-order valence-corrected chi connectivity index (χ0v) is 39.8. The Morgan fingerprint density at radius 3 is 1.40 bits per heavy atom. The van der Waals surface area contributed by atoms with Gasteiger partial charge in [0.15, 0.2) is 5.82 Å². The highest BCUT2D eigenvalue weighted by molar-refractivity contribution is 6.29. The van der Waals surface area contributed by atoms with Crippen molar-refractivity contribution in [3.63, 3.8) is 0 Å². The quantitative estimate of drug-likeness (QED) is 0.142. The highest BCUT2D eigenvalue weighted by Crippen LogP contribution is 2.44. The topological polar surface area (TPSA) is 30.7 Å². The Bertz CT molecular complexity index is 4390. The van der Waals surface area contributed by atoms with E-state index in [9.17, 15) is 0 Å². The van der Waals surface area contributed by atoms with Crippen LogP contribution in [0.5, 0.6) is 0 Å². The van der Waals surface area contributed by atoms with Crippen LogP contribution in [0.3, 0.4) is 0 Å². The summed E-state index contributed by atoms with van der Waals surface area (Å²) in [5.74, 6) is 0.698. The maximum absolute atomic E-state index is 5.22. The summed E-state index contributed by atoms with van der Waals surface area (Å²) < 4.78 is 2.43. The van der Waals surface area contributed by atoms with Crippen LogP contribution >= 0.6 is 0 Å². The van der Waals surface area contributed by atoms with Gasteiger partial charge in [0.25, 0.3) is 0 Å². The third kappa shape index (κ3) is 7.46. The first-order valence-electron chi connectivity index (χ1n) is 25.0. The molecule has 0 unspecified atom stereocenters. The van der Waals surface area contributed by atoms with Crippen LogP contribution in [0.15, 0.2) is 273 Å². The number of aromatic nitrogens is 3. The van der Waals surface area contributed by atoms with Crippen LogP contribution in [0.1, 0.15) is 0 Å². The molecule has 14 aromatic rings. The minimum atomic E-state index is 0.698. The van der Waals surface area contributed by atoms with Crippen LogP contribution in [0.2, 0.25) is 0 Å². The molecule has 3 heteroatoms. The molecule has 0 N–H and O–H groups in total. The van der Waals surface area contributed by atoms with Crippen molar-refractivity contribution in [3.05, 3.63) is 273 Å². The van der Waals surface area contributed by atoms with Gasteiger partial charge in [-0.3, -0.25) is 0 Å². The second-order valence-electron chi connectivity index (χ2n) is 18.9. The van der Waals surface area contributed by atoms with Gasteiger partial charge in [-0.05, 0) is 119 Å². The summed E-state index contributed by atoms with van der Waals surface area (Å²) in [5.41, 5.74) is 17.8. The Kier molecular flexibility index (Phi) is 10.2. The number of para-hydroxylation sites is 1. The largest absolute Gasteiger partial charge is 0.309 e. The molecule has 2 aromatic heterocycles. The predicted octanol–water partition coefficient (Wildman–Crippen LogP) is 18.7. The van der Waals surface area contributed by atoms with Crippen molar-refractivity contribution in [1.29, 1.82) is 0 Å². The molecule has 73 heavy (non-hydrogen) atoms. The van der Waals surface area contributed by atoms with Gasteiger partial charge in [0.05, 0.1) is 22.4 Å². The maximum atomic E-state index is 5.22. The Balaban J connectivity index is 0.891. The zero-order valence-electron chi connectivity index (χ0n) is 39.8. The van der Waals surface area contributed by atoms with Crippen LogP contribution < -0.4 is 0 Å². The predicted molar refractivity (Wildman–Crippen MR) is 307 cm³/mol. The van der Waals surface area contributed by atoms with E-state index in [-0.39, 0.29) is 0 Å². The molecule has 0 atom stereocenters.